The molecule has 1 saturated heterocycles. The fraction of sp³-hybridized carbons (Fsp3) is 0.467. The van der Waals surface area contributed by atoms with Crippen molar-refractivity contribution < 1.29 is 18.7 Å². The van der Waals surface area contributed by atoms with E-state index in [4.69, 9.17) is 4.74 Å². The lowest BCUT2D eigenvalue weighted by Gasteiger charge is -2.20. The van der Waals surface area contributed by atoms with Gasteiger partial charge in [0, 0.05) is 6.07 Å². The van der Waals surface area contributed by atoms with Gasteiger partial charge in [-0.3, -0.25) is 9.69 Å². The van der Waals surface area contributed by atoms with Gasteiger partial charge in [0.15, 0.2) is 0 Å². The number of nitrogens with one attached hydrogen (secondary N) is 1. The van der Waals surface area contributed by atoms with Crippen LogP contribution >= 0.6 is 0 Å². The highest BCUT2D eigenvalue weighted by molar-refractivity contribution is 6.07. The minimum Gasteiger partial charge on any atom is -0.492 e. The Bertz CT molecular complexity index is 570. The third-order valence-electron chi connectivity index (χ3n) is 4.08. The van der Waals surface area contributed by atoms with Crippen LogP contribution in [0.1, 0.15) is 25.7 Å². The van der Waals surface area contributed by atoms with E-state index in [-0.39, 0.29) is 30.9 Å². The Balaban J connectivity index is 1.58. The third kappa shape index (κ3) is 2.57. The minimum atomic E-state index is -0.685. The number of imide groups is 1. The van der Waals surface area contributed by atoms with Gasteiger partial charge in [0.05, 0.1) is 6.54 Å². The molecule has 2 fully saturated rings. The summed E-state index contributed by atoms with van der Waals surface area (Å²) in [6.45, 7) is 0.321. The van der Waals surface area contributed by atoms with Gasteiger partial charge < -0.3 is 10.1 Å². The maximum Gasteiger partial charge on any atom is 0.325 e. The van der Waals surface area contributed by atoms with Crippen molar-refractivity contribution in [2.75, 3.05) is 13.2 Å². The Hall–Kier alpha value is -2.11. The average molecular weight is 292 g/mol. The lowest BCUT2D eigenvalue weighted by atomic mass is 9.98. The maximum atomic E-state index is 13.0. The van der Waals surface area contributed by atoms with Gasteiger partial charge in [0.1, 0.15) is 23.7 Å². The molecule has 0 radical (unpaired) electrons. The van der Waals surface area contributed by atoms with Crippen LogP contribution in [0.3, 0.4) is 0 Å². The largest absolute Gasteiger partial charge is 0.492 e. The summed E-state index contributed by atoms with van der Waals surface area (Å²) < 4.78 is 18.4. The maximum absolute atomic E-state index is 13.0. The first kappa shape index (κ1) is 13.9. The van der Waals surface area contributed by atoms with Crippen molar-refractivity contribution in [3.8, 4) is 5.75 Å². The predicted octanol–water partition coefficient (Wildman–Crippen LogP) is 2.07. The summed E-state index contributed by atoms with van der Waals surface area (Å²) in [5, 5.41) is 2.81. The molecule has 1 aromatic carbocycles. The lowest BCUT2D eigenvalue weighted by Crippen LogP contribution is -2.44. The highest BCUT2D eigenvalue weighted by Crippen LogP contribution is 2.34. The van der Waals surface area contributed by atoms with E-state index in [0.29, 0.717) is 18.6 Å². The molecule has 21 heavy (non-hydrogen) atoms. The summed E-state index contributed by atoms with van der Waals surface area (Å²) in [6.07, 6.45) is 3.33. The number of ether oxygens (including phenoxy) is 1. The van der Waals surface area contributed by atoms with Gasteiger partial charge in [0.25, 0.3) is 5.91 Å². The summed E-state index contributed by atoms with van der Waals surface area (Å²) in [5.41, 5.74) is -0.685. The average Bonchev–Trinajstić information content (AvgIpc) is 3.00. The fourth-order valence-corrected chi connectivity index (χ4v) is 3.01. The quantitative estimate of drug-likeness (QED) is 0.864. The number of benzene rings is 1. The molecule has 1 aliphatic heterocycles. The summed E-state index contributed by atoms with van der Waals surface area (Å²) in [4.78, 5) is 25.5. The van der Waals surface area contributed by atoms with Crippen molar-refractivity contribution in [1.29, 1.82) is 0 Å². The predicted molar refractivity (Wildman–Crippen MR) is 73.3 cm³/mol. The molecule has 5 nitrogen and oxygen atoms in total. The van der Waals surface area contributed by atoms with Gasteiger partial charge >= 0.3 is 6.03 Å². The van der Waals surface area contributed by atoms with Crippen molar-refractivity contribution >= 4 is 11.9 Å². The second-order valence-corrected chi connectivity index (χ2v) is 5.48. The van der Waals surface area contributed by atoms with Gasteiger partial charge in [-0.15, -0.1) is 0 Å². The molecule has 112 valence electrons. The van der Waals surface area contributed by atoms with Gasteiger partial charge in [-0.25, -0.2) is 9.18 Å². The highest BCUT2D eigenvalue weighted by atomic mass is 19.1. The Morgan fingerprint density at radius 2 is 2.05 bits per heavy atom. The number of nitrogens with zero attached hydrogens (tertiary/aromatic N) is 1. The number of amides is 3. The SMILES string of the molecule is O=C1NC2(CCCC2)C(=O)N1CCOc1cccc(F)c1. The van der Waals surface area contributed by atoms with Crippen LogP contribution in [0.4, 0.5) is 9.18 Å². The van der Waals surface area contributed by atoms with Gasteiger partial charge in [-0.05, 0) is 25.0 Å². The summed E-state index contributed by atoms with van der Waals surface area (Å²) >= 11 is 0. The Kier molecular flexibility index (Phi) is 3.53. The first-order chi connectivity index (χ1) is 10.1. The van der Waals surface area contributed by atoms with Crippen LogP contribution in [0.5, 0.6) is 5.75 Å². The Morgan fingerprint density at radius 3 is 2.76 bits per heavy atom. The van der Waals surface area contributed by atoms with Crippen molar-refractivity contribution in [1.82, 2.24) is 10.2 Å². The molecule has 0 unspecified atom stereocenters. The number of rotatable bonds is 4. The second kappa shape index (κ2) is 5.35. The number of urea groups is 1. The lowest BCUT2D eigenvalue weighted by molar-refractivity contribution is -0.131. The van der Waals surface area contributed by atoms with Crippen LogP contribution in [0.15, 0.2) is 24.3 Å². The fourth-order valence-electron chi connectivity index (χ4n) is 3.01. The van der Waals surface area contributed by atoms with Gasteiger partial charge in [-0.2, -0.15) is 0 Å². The van der Waals surface area contributed by atoms with Crippen LogP contribution in [-0.4, -0.2) is 35.5 Å². The molecule has 1 aliphatic carbocycles. The van der Waals surface area contributed by atoms with Crippen molar-refractivity contribution in [3.05, 3.63) is 30.1 Å². The van der Waals surface area contributed by atoms with E-state index in [1.165, 1.54) is 17.0 Å². The standard InChI is InChI=1S/C15H17FN2O3/c16-11-4-3-5-12(10-11)21-9-8-18-13(19)15(17-14(18)20)6-1-2-7-15/h3-5,10H,1-2,6-9H2,(H,17,20). The molecule has 2 aliphatic rings. The molecule has 3 rings (SSSR count). The van der Waals surface area contributed by atoms with E-state index in [9.17, 15) is 14.0 Å². The molecule has 0 bridgehead atoms. The summed E-state index contributed by atoms with van der Waals surface area (Å²) in [7, 11) is 0. The highest BCUT2D eigenvalue weighted by Gasteiger charge is 2.52. The zero-order valence-electron chi connectivity index (χ0n) is 11.6. The van der Waals surface area contributed by atoms with E-state index in [0.717, 1.165) is 12.8 Å². The Morgan fingerprint density at radius 1 is 1.29 bits per heavy atom. The van der Waals surface area contributed by atoms with Gasteiger partial charge in [0.2, 0.25) is 0 Å². The van der Waals surface area contributed by atoms with Crippen LogP contribution in [0, 0.1) is 5.82 Å². The monoisotopic (exact) mass is 292 g/mol. The summed E-state index contributed by atoms with van der Waals surface area (Å²) in [5.74, 6) is -0.155. The molecule has 1 N–H and O–H groups in total. The van der Waals surface area contributed by atoms with Crippen LogP contribution < -0.4 is 10.1 Å². The zero-order chi connectivity index (χ0) is 14.9. The van der Waals surface area contributed by atoms with Crippen molar-refractivity contribution in [2.24, 2.45) is 0 Å². The first-order valence-corrected chi connectivity index (χ1v) is 7.13. The van der Waals surface area contributed by atoms with Crippen LogP contribution in [0.25, 0.3) is 0 Å². The van der Waals surface area contributed by atoms with Crippen molar-refractivity contribution in [2.45, 2.75) is 31.2 Å². The van der Waals surface area contributed by atoms with Gasteiger partial charge in [-0.1, -0.05) is 18.9 Å². The Labute approximate surface area is 122 Å². The molecule has 1 heterocycles. The number of carbonyl (C=O) groups is 2. The number of halogens is 1. The molecule has 3 amide bonds. The third-order valence-corrected chi connectivity index (χ3v) is 4.08. The molecule has 0 atom stereocenters. The van der Waals surface area contributed by atoms with E-state index >= 15 is 0 Å². The summed E-state index contributed by atoms with van der Waals surface area (Å²) in [6, 6.07) is 5.42. The zero-order valence-corrected chi connectivity index (χ0v) is 11.6. The van der Waals surface area contributed by atoms with E-state index in [1.807, 2.05) is 0 Å². The van der Waals surface area contributed by atoms with E-state index in [2.05, 4.69) is 5.32 Å². The normalized spacial score (nSPS) is 20.1. The first-order valence-electron chi connectivity index (χ1n) is 7.13. The smallest absolute Gasteiger partial charge is 0.325 e. The topological polar surface area (TPSA) is 58.6 Å². The minimum absolute atomic E-state index is 0.151. The second-order valence-electron chi connectivity index (χ2n) is 5.48. The molecule has 1 aromatic rings. The molecular formula is C15H17FN2O3. The molecule has 1 saturated carbocycles. The van der Waals surface area contributed by atoms with Crippen molar-refractivity contribution in [3.63, 3.8) is 0 Å². The van der Waals surface area contributed by atoms with E-state index in [1.54, 1.807) is 12.1 Å². The number of carbonyl (C=O) groups excluding carboxylic acids is 2. The number of hydrogen-bond acceptors (Lipinski definition) is 3. The molecule has 6 heteroatoms. The van der Waals surface area contributed by atoms with Crippen LogP contribution in [-0.2, 0) is 4.79 Å². The molecule has 1 spiro atoms. The van der Waals surface area contributed by atoms with E-state index < -0.39 is 5.54 Å². The van der Waals surface area contributed by atoms with Crippen LogP contribution in [0.2, 0.25) is 0 Å². The molecular weight excluding hydrogens is 275 g/mol. The number of hydrogen-bond donors (Lipinski definition) is 1. The molecule has 0 aromatic heterocycles.